The van der Waals surface area contributed by atoms with Crippen molar-refractivity contribution in [3.63, 3.8) is 0 Å². The van der Waals surface area contributed by atoms with Crippen molar-refractivity contribution in [3.8, 4) is 0 Å². The fourth-order valence-corrected chi connectivity index (χ4v) is 1.81. The first kappa shape index (κ1) is 14.8. The van der Waals surface area contributed by atoms with Crippen LogP contribution in [0.4, 0.5) is 4.79 Å². The molecule has 18 heavy (non-hydrogen) atoms. The van der Waals surface area contributed by atoms with Gasteiger partial charge in [-0.2, -0.15) is 0 Å². The van der Waals surface area contributed by atoms with Crippen LogP contribution >= 0.6 is 11.6 Å². The van der Waals surface area contributed by atoms with E-state index in [1.165, 1.54) is 0 Å². The van der Waals surface area contributed by atoms with Gasteiger partial charge in [0.25, 0.3) is 0 Å². The molecule has 5 heteroatoms. The molecule has 4 nitrogen and oxygen atoms in total. The SMILES string of the molecule is COC(CNC(=O)NC(C)C)c1ccccc1Cl. The van der Waals surface area contributed by atoms with Crippen LogP contribution in [0.2, 0.25) is 5.02 Å². The van der Waals surface area contributed by atoms with Gasteiger partial charge in [-0.05, 0) is 19.9 Å². The summed E-state index contributed by atoms with van der Waals surface area (Å²) in [5, 5.41) is 6.14. The lowest BCUT2D eigenvalue weighted by atomic mass is 10.1. The maximum Gasteiger partial charge on any atom is 0.315 e. The molecule has 0 spiro atoms. The van der Waals surface area contributed by atoms with Gasteiger partial charge >= 0.3 is 6.03 Å². The highest BCUT2D eigenvalue weighted by Crippen LogP contribution is 2.24. The molecule has 0 aromatic heterocycles. The van der Waals surface area contributed by atoms with E-state index >= 15 is 0 Å². The molecule has 0 heterocycles. The molecule has 0 bridgehead atoms. The minimum absolute atomic E-state index is 0.103. The monoisotopic (exact) mass is 270 g/mol. The number of halogens is 1. The molecule has 0 saturated carbocycles. The average Bonchev–Trinajstić information content (AvgIpc) is 2.31. The molecule has 1 atom stereocenters. The number of hydrogen-bond acceptors (Lipinski definition) is 2. The molecule has 0 aliphatic rings. The average molecular weight is 271 g/mol. The zero-order chi connectivity index (χ0) is 13.5. The summed E-state index contributed by atoms with van der Waals surface area (Å²) in [5.41, 5.74) is 0.867. The summed E-state index contributed by atoms with van der Waals surface area (Å²) < 4.78 is 5.35. The van der Waals surface area contributed by atoms with E-state index in [0.717, 1.165) is 5.56 Å². The summed E-state index contributed by atoms with van der Waals surface area (Å²) in [6.07, 6.45) is -0.253. The van der Waals surface area contributed by atoms with Crippen LogP contribution in [0.15, 0.2) is 24.3 Å². The summed E-state index contributed by atoms with van der Waals surface area (Å²) in [5.74, 6) is 0. The van der Waals surface area contributed by atoms with Crippen LogP contribution in [0.1, 0.15) is 25.5 Å². The largest absolute Gasteiger partial charge is 0.375 e. The van der Waals surface area contributed by atoms with E-state index in [4.69, 9.17) is 16.3 Å². The predicted octanol–water partition coefficient (Wildman–Crippen LogP) is 2.74. The Hall–Kier alpha value is -1.26. The highest BCUT2D eigenvalue weighted by Gasteiger charge is 2.14. The van der Waals surface area contributed by atoms with Crippen LogP contribution in [-0.2, 0) is 4.74 Å². The Labute approximate surface area is 113 Å². The number of rotatable bonds is 5. The minimum atomic E-state index is -0.253. The molecule has 100 valence electrons. The number of methoxy groups -OCH3 is 1. The Bertz CT molecular complexity index is 396. The van der Waals surface area contributed by atoms with Gasteiger partial charge < -0.3 is 15.4 Å². The zero-order valence-corrected chi connectivity index (χ0v) is 11.6. The van der Waals surface area contributed by atoms with Gasteiger partial charge in [-0.1, -0.05) is 29.8 Å². The molecule has 2 amide bonds. The minimum Gasteiger partial charge on any atom is -0.375 e. The highest BCUT2D eigenvalue weighted by atomic mass is 35.5. The number of urea groups is 1. The van der Waals surface area contributed by atoms with E-state index in [9.17, 15) is 4.79 Å². The van der Waals surface area contributed by atoms with Crippen LogP contribution in [0.5, 0.6) is 0 Å². The molecule has 0 saturated heterocycles. The molecule has 1 aromatic rings. The van der Waals surface area contributed by atoms with Gasteiger partial charge in [-0.3, -0.25) is 0 Å². The molecule has 0 aliphatic heterocycles. The van der Waals surface area contributed by atoms with Crippen molar-refractivity contribution in [2.45, 2.75) is 26.0 Å². The second-order valence-corrected chi connectivity index (χ2v) is 4.66. The van der Waals surface area contributed by atoms with Crippen molar-refractivity contribution in [3.05, 3.63) is 34.9 Å². The van der Waals surface area contributed by atoms with E-state index in [-0.39, 0.29) is 18.2 Å². The standard InChI is InChI=1S/C13H19ClN2O2/c1-9(2)16-13(17)15-8-12(18-3)10-6-4-5-7-11(10)14/h4-7,9,12H,8H2,1-3H3,(H2,15,16,17). The summed E-state index contributed by atoms with van der Waals surface area (Å²) in [6, 6.07) is 7.33. The van der Waals surface area contributed by atoms with Crippen LogP contribution in [0.25, 0.3) is 0 Å². The quantitative estimate of drug-likeness (QED) is 0.864. The van der Waals surface area contributed by atoms with Gasteiger partial charge in [0.15, 0.2) is 0 Å². The highest BCUT2D eigenvalue weighted by molar-refractivity contribution is 6.31. The Morgan fingerprint density at radius 3 is 2.61 bits per heavy atom. The lowest BCUT2D eigenvalue weighted by Crippen LogP contribution is -2.41. The Morgan fingerprint density at radius 2 is 2.06 bits per heavy atom. The Balaban J connectivity index is 2.58. The van der Waals surface area contributed by atoms with Crippen LogP contribution < -0.4 is 10.6 Å². The molecule has 0 fully saturated rings. The van der Waals surface area contributed by atoms with E-state index in [1.807, 2.05) is 32.0 Å². The fraction of sp³-hybridized carbons (Fsp3) is 0.462. The lowest BCUT2D eigenvalue weighted by molar-refractivity contribution is 0.104. The van der Waals surface area contributed by atoms with E-state index < -0.39 is 0 Å². The summed E-state index contributed by atoms with van der Waals surface area (Å²) in [4.78, 5) is 11.5. The van der Waals surface area contributed by atoms with Gasteiger partial charge in [0.05, 0.1) is 0 Å². The third-order valence-corrected chi connectivity index (χ3v) is 2.75. The number of amides is 2. The number of carbonyl (C=O) groups excluding carboxylic acids is 1. The summed E-state index contributed by atoms with van der Waals surface area (Å²) >= 11 is 6.09. The molecular formula is C13H19ClN2O2. The van der Waals surface area contributed by atoms with E-state index in [0.29, 0.717) is 11.6 Å². The normalized spacial score (nSPS) is 12.3. The lowest BCUT2D eigenvalue weighted by Gasteiger charge is -2.18. The maximum absolute atomic E-state index is 11.5. The molecular weight excluding hydrogens is 252 g/mol. The first-order chi connectivity index (χ1) is 8.54. The maximum atomic E-state index is 11.5. The van der Waals surface area contributed by atoms with Crippen LogP contribution in [0.3, 0.4) is 0 Å². The molecule has 1 rings (SSSR count). The smallest absolute Gasteiger partial charge is 0.315 e. The number of hydrogen-bond donors (Lipinski definition) is 2. The zero-order valence-electron chi connectivity index (χ0n) is 10.9. The molecule has 0 aliphatic carbocycles. The Morgan fingerprint density at radius 1 is 1.39 bits per heavy atom. The van der Waals surface area contributed by atoms with Crippen molar-refractivity contribution in [1.29, 1.82) is 0 Å². The third kappa shape index (κ3) is 4.55. The second kappa shape index (κ2) is 7.24. The fourth-order valence-electron chi connectivity index (χ4n) is 1.56. The topological polar surface area (TPSA) is 50.4 Å². The van der Waals surface area contributed by atoms with E-state index in [2.05, 4.69) is 10.6 Å². The Kier molecular flexibility index (Phi) is 5.95. The van der Waals surface area contributed by atoms with Gasteiger partial charge in [-0.25, -0.2) is 4.79 Å². The van der Waals surface area contributed by atoms with Crippen molar-refractivity contribution in [2.24, 2.45) is 0 Å². The van der Waals surface area contributed by atoms with Gasteiger partial charge in [0, 0.05) is 30.3 Å². The summed E-state index contributed by atoms with van der Waals surface area (Å²) in [6.45, 7) is 4.18. The number of carbonyl (C=O) groups is 1. The number of benzene rings is 1. The molecule has 1 unspecified atom stereocenters. The molecule has 0 radical (unpaired) electrons. The summed E-state index contributed by atoms with van der Waals surface area (Å²) in [7, 11) is 1.59. The second-order valence-electron chi connectivity index (χ2n) is 4.25. The van der Waals surface area contributed by atoms with Crippen molar-refractivity contribution < 1.29 is 9.53 Å². The molecule has 1 aromatic carbocycles. The van der Waals surface area contributed by atoms with Crippen molar-refractivity contribution >= 4 is 17.6 Å². The van der Waals surface area contributed by atoms with Crippen LogP contribution in [-0.4, -0.2) is 25.7 Å². The van der Waals surface area contributed by atoms with Gasteiger partial charge in [0.1, 0.15) is 6.10 Å². The van der Waals surface area contributed by atoms with Gasteiger partial charge in [-0.15, -0.1) is 0 Å². The first-order valence-electron chi connectivity index (χ1n) is 5.86. The predicted molar refractivity (Wildman–Crippen MR) is 72.9 cm³/mol. The van der Waals surface area contributed by atoms with Crippen LogP contribution in [0, 0.1) is 0 Å². The third-order valence-electron chi connectivity index (χ3n) is 2.40. The first-order valence-corrected chi connectivity index (χ1v) is 6.24. The molecule has 2 N–H and O–H groups in total. The van der Waals surface area contributed by atoms with Crippen molar-refractivity contribution in [1.82, 2.24) is 10.6 Å². The van der Waals surface area contributed by atoms with Gasteiger partial charge in [0.2, 0.25) is 0 Å². The number of ether oxygens (including phenoxy) is 1. The van der Waals surface area contributed by atoms with E-state index in [1.54, 1.807) is 13.2 Å². The van der Waals surface area contributed by atoms with Crippen molar-refractivity contribution in [2.75, 3.05) is 13.7 Å². The number of nitrogens with one attached hydrogen (secondary N) is 2.